The zero-order valence-corrected chi connectivity index (χ0v) is 11.5. The average molecular weight is 277 g/mol. The predicted octanol–water partition coefficient (Wildman–Crippen LogP) is 3.75. The Morgan fingerprint density at radius 2 is 1.85 bits per heavy atom. The second-order valence-corrected chi connectivity index (χ2v) is 4.44. The molecule has 2 aromatic rings. The molecule has 1 N–H and O–H groups in total. The Labute approximate surface area is 117 Å². The van der Waals surface area contributed by atoms with Crippen molar-refractivity contribution in [2.75, 3.05) is 13.7 Å². The van der Waals surface area contributed by atoms with Crippen LogP contribution in [-0.2, 0) is 6.54 Å². The van der Waals surface area contributed by atoms with Crippen molar-refractivity contribution in [2.24, 2.45) is 0 Å². The molecular formula is C16H17F2NO. The molecule has 2 nitrogen and oxygen atoms in total. The molecule has 0 atom stereocenters. The van der Waals surface area contributed by atoms with Gasteiger partial charge in [0.1, 0.15) is 17.4 Å². The highest BCUT2D eigenvalue weighted by Crippen LogP contribution is 2.33. The van der Waals surface area contributed by atoms with Gasteiger partial charge in [-0.05, 0) is 42.4 Å². The summed E-state index contributed by atoms with van der Waals surface area (Å²) in [5.41, 5.74) is 1.70. The van der Waals surface area contributed by atoms with Crippen LogP contribution in [0.1, 0.15) is 12.5 Å². The van der Waals surface area contributed by atoms with Gasteiger partial charge in [0.2, 0.25) is 0 Å². The topological polar surface area (TPSA) is 21.3 Å². The molecule has 0 aliphatic rings. The Balaban J connectivity index is 2.48. The fourth-order valence-electron chi connectivity index (χ4n) is 2.05. The van der Waals surface area contributed by atoms with E-state index in [2.05, 4.69) is 5.32 Å². The van der Waals surface area contributed by atoms with Gasteiger partial charge in [-0.25, -0.2) is 8.78 Å². The number of ether oxygens (including phenoxy) is 1. The molecule has 0 spiro atoms. The van der Waals surface area contributed by atoms with Crippen LogP contribution in [0.25, 0.3) is 11.1 Å². The fraction of sp³-hybridized carbons (Fsp3) is 0.250. The number of halogens is 2. The van der Waals surface area contributed by atoms with Crippen LogP contribution < -0.4 is 10.1 Å². The van der Waals surface area contributed by atoms with Crippen molar-refractivity contribution in [1.82, 2.24) is 5.32 Å². The van der Waals surface area contributed by atoms with Crippen molar-refractivity contribution in [3.05, 3.63) is 53.6 Å². The number of hydrogen-bond donors (Lipinski definition) is 1. The minimum Gasteiger partial charge on any atom is -0.496 e. The van der Waals surface area contributed by atoms with Crippen molar-refractivity contribution in [3.63, 3.8) is 0 Å². The Kier molecular flexibility index (Phi) is 4.69. The quantitative estimate of drug-likeness (QED) is 0.898. The van der Waals surface area contributed by atoms with E-state index in [-0.39, 0.29) is 0 Å². The number of nitrogens with one attached hydrogen (secondary N) is 1. The summed E-state index contributed by atoms with van der Waals surface area (Å²) >= 11 is 0. The average Bonchev–Trinajstić information content (AvgIpc) is 2.46. The van der Waals surface area contributed by atoms with Crippen molar-refractivity contribution < 1.29 is 13.5 Å². The largest absolute Gasteiger partial charge is 0.496 e. The van der Waals surface area contributed by atoms with E-state index >= 15 is 0 Å². The van der Waals surface area contributed by atoms with Crippen LogP contribution in [0.5, 0.6) is 5.75 Å². The van der Waals surface area contributed by atoms with E-state index in [0.29, 0.717) is 23.4 Å². The summed E-state index contributed by atoms with van der Waals surface area (Å²) in [4.78, 5) is 0. The maximum absolute atomic E-state index is 14.0. The molecule has 106 valence electrons. The van der Waals surface area contributed by atoms with Gasteiger partial charge in [0.05, 0.1) is 7.11 Å². The van der Waals surface area contributed by atoms with Crippen LogP contribution >= 0.6 is 0 Å². The zero-order chi connectivity index (χ0) is 14.5. The van der Waals surface area contributed by atoms with Gasteiger partial charge < -0.3 is 10.1 Å². The van der Waals surface area contributed by atoms with Crippen molar-refractivity contribution in [3.8, 4) is 16.9 Å². The first-order valence-electron chi connectivity index (χ1n) is 6.48. The van der Waals surface area contributed by atoms with Gasteiger partial charge in [-0.1, -0.05) is 13.0 Å². The van der Waals surface area contributed by atoms with Gasteiger partial charge in [0.25, 0.3) is 0 Å². The number of methoxy groups -OCH3 is 1. The second-order valence-electron chi connectivity index (χ2n) is 4.44. The van der Waals surface area contributed by atoms with Gasteiger partial charge in [0, 0.05) is 17.7 Å². The molecule has 0 aromatic heterocycles. The van der Waals surface area contributed by atoms with Gasteiger partial charge in [-0.15, -0.1) is 0 Å². The molecule has 2 aromatic carbocycles. The van der Waals surface area contributed by atoms with Crippen LogP contribution in [-0.4, -0.2) is 13.7 Å². The maximum Gasteiger partial charge on any atom is 0.131 e. The van der Waals surface area contributed by atoms with Crippen LogP contribution in [0.4, 0.5) is 8.78 Å². The first-order chi connectivity index (χ1) is 9.65. The van der Waals surface area contributed by atoms with Gasteiger partial charge >= 0.3 is 0 Å². The van der Waals surface area contributed by atoms with Crippen molar-refractivity contribution in [1.29, 1.82) is 0 Å². The van der Waals surface area contributed by atoms with E-state index in [1.165, 1.54) is 31.4 Å². The van der Waals surface area contributed by atoms with Crippen LogP contribution in [0.2, 0.25) is 0 Å². The fourth-order valence-corrected chi connectivity index (χ4v) is 2.05. The molecule has 0 amide bonds. The summed E-state index contributed by atoms with van der Waals surface area (Å²) < 4.78 is 32.6. The highest BCUT2D eigenvalue weighted by Gasteiger charge is 2.12. The minimum atomic E-state index is -0.419. The molecule has 0 radical (unpaired) electrons. The van der Waals surface area contributed by atoms with E-state index in [1.54, 1.807) is 12.1 Å². The van der Waals surface area contributed by atoms with Crippen molar-refractivity contribution >= 4 is 0 Å². The molecule has 0 aliphatic carbocycles. The molecular weight excluding hydrogens is 260 g/mol. The Bertz CT molecular complexity index is 599. The van der Waals surface area contributed by atoms with Gasteiger partial charge in [-0.3, -0.25) is 0 Å². The molecule has 0 saturated carbocycles. The molecule has 0 saturated heterocycles. The van der Waals surface area contributed by atoms with Gasteiger partial charge in [0.15, 0.2) is 0 Å². The lowest BCUT2D eigenvalue weighted by atomic mass is 10.0. The molecule has 0 bridgehead atoms. The predicted molar refractivity (Wildman–Crippen MR) is 75.7 cm³/mol. The van der Waals surface area contributed by atoms with E-state index in [0.717, 1.165) is 12.1 Å². The Morgan fingerprint density at radius 3 is 2.55 bits per heavy atom. The normalized spacial score (nSPS) is 10.6. The molecule has 0 aliphatic heterocycles. The summed E-state index contributed by atoms with van der Waals surface area (Å²) in [7, 11) is 1.48. The third-order valence-electron chi connectivity index (χ3n) is 3.06. The summed E-state index contributed by atoms with van der Waals surface area (Å²) in [5.74, 6) is -0.364. The third kappa shape index (κ3) is 3.14. The lowest BCUT2D eigenvalue weighted by molar-refractivity contribution is 0.415. The molecule has 4 heteroatoms. The maximum atomic E-state index is 14.0. The lowest BCUT2D eigenvalue weighted by Crippen LogP contribution is -2.11. The van der Waals surface area contributed by atoms with E-state index < -0.39 is 11.6 Å². The Hall–Kier alpha value is -1.94. The summed E-state index contributed by atoms with van der Waals surface area (Å²) in [6, 6.07) is 8.91. The smallest absolute Gasteiger partial charge is 0.131 e. The first kappa shape index (κ1) is 14.5. The number of rotatable bonds is 5. The highest BCUT2D eigenvalue weighted by molar-refractivity contribution is 5.71. The SMILES string of the molecule is CCNCc1ccc(F)c(-c2cc(F)ccc2OC)c1. The first-order valence-corrected chi connectivity index (χ1v) is 6.48. The van der Waals surface area contributed by atoms with Crippen LogP contribution in [0.15, 0.2) is 36.4 Å². The molecule has 0 unspecified atom stereocenters. The van der Waals surface area contributed by atoms with Crippen LogP contribution in [0, 0.1) is 11.6 Å². The van der Waals surface area contributed by atoms with E-state index in [9.17, 15) is 8.78 Å². The Morgan fingerprint density at radius 1 is 1.05 bits per heavy atom. The minimum absolute atomic E-state index is 0.344. The van der Waals surface area contributed by atoms with E-state index in [4.69, 9.17) is 4.74 Å². The molecule has 0 fully saturated rings. The number of hydrogen-bond acceptors (Lipinski definition) is 2. The standard InChI is InChI=1S/C16H17F2NO/c1-3-19-10-11-4-6-15(18)13(8-11)14-9-12(17)5-7-16(14)20-2/h4-9,19H,3,10H2,1-2H3. The highest BCUT2D eigenvalue weighted by atomic mass is 19.1. The lowest BCUT2D eigenvalue weighted by Gasteiger charge is -2.11. The van der Waals surface area contributed by atoms with Crippen molar-refractivity contribution in [2.45, 2.75) is 13.5 Å². The summed E-state index contributed by atoms with van der Waals surface area (Å²) in [5, 5.41) is 3.17. The van der Waals surface area contributed by atoms with E-state index in [1.807, 2.05) is 6.92 Å². The second kappa shape index (κ2) is 6.48. The molecule has 20 heavy (non-hydrogen) atoms. The summed E-state index contributed by atoms with van der Waals surface area (Å²) in [6.45, 7) is 3.47. The van der Waals surface area contributed by atoms with Gasteiger partial charge in [-0.2, -0.15) is 0 Å². The number of benzene rings is 2. The molecule has 0 heterocycles. The zero-order valence-electron chi connectivity index (χ0n) is 11.5. The molecule has 2 rings (SSSR count). The van der Waals surface area contributed by atoms with Crippen LogP contribution in [0.3, 0.4) is 0 Å². The summed E-state index contributed by atoms with van der Waals surface area (Å²) in [6.07, 6.45) is 0. The third-order valence-corrected chi connectivity index (χ3v) is 3.06. The monoisotopic (exact) mass is 277 g/mol.